The summed E-state index contributed by atoms with van der Waals surface area (Å²) in [4.78, 5) is 0. The molecule has 0 aliphatic rings. The van der Waals surface area contributed by atoms with Crippen LogP contribution in [0.25, 0.3) is 0 Å². The molecular formula is C16H16Br3NO. The van der Waals surface area contributed by atoms with Crippen LogP contribution in [0.3, 0.4) is 0 Å². The number of nitrogens with one attached hydrogen (secondary N) is 1. The number of hydrogen-bond acceptors (Lipinski definition) is 2. The van der Waals surface area contributed by atoms with Crippen molar-refractivity contribution < 1.29 is 4.74 Å². The van der Waals surface area contributed by atoms with Crippen LogP contribution in [0.15, 0.2) is 49.8 Å². The average Bonchev–Trinajstić information content (AvgIpc) is 2.46. The van der Waals surface area contributed by atoms with Crippen LogP contribution in [0.4, 0.5) is 0 Å². The van der Waals surface area contributed by atoms with Crippen LogP contribution in [0.2, 0.25) is 0 Å². The van der Waals surface area contributed by atoms with Gasteiger partial charge >= 0.3 is 0 Å². The fourth-order valence-corrected chi connectivity index (χ4v) is 3.65. The summed E-state index contributed by atoms with van der Waals surface area (Å²) < 4.78 is 8.70. The Morgan fingerprint density at radius 1 is 1.00 bits per heavy atom. The van der Waals surface area contributed by atoms with Gasteiger partial charge in [0.05, 0.1) is 12.6 Å². The lowest BCUT2D eigenvalue weighted by atomic mass is 9.99. The SMILES string of the molecule is CCOc1ccc(C(NC)c2cc(Br)ccc2Br)c(Br)c1. The summed E-state index contributed by atoms with van der Waals surface area (Å²) in [5, 5.41) is 3.37. The van der Waals surface area contributed by atoms with E-state index in [1.54, 1.807) is 0 Å². The Kier molecular flexibility index (Phi) is 6.29. The van der Waals surface area contributed by atoms with Gasteiger partial charge in [0.1, 0.15) is 5.75 Å². The molecule has 0 spiro atoms. The van der Waals surface area contributed by atoms with Crippen LogP contribution in [0.5, 0.6) is 5.75 Å². The van der Waals surface area contributed by atoms with E-state index in [1.165, 1.54) is 11.1 Å². The van der Waals surface area contributed by atoms with Gasteiger partial charge < -0.3 is 10.1 Å². The van der Waals surface area contributed by atoms with Crippen LogP contribution in [0, 0.1) is 0 Å². The predicted octanol–water partition coefficient (Wildman–Crippen LogP) is 5.68. The van der Waals surface area contributed by atoms with Gasteiger partial charge in [-0.1, -0.05) is 53.9 Å². The lowest BCUT2D eigenvalue weighted by Gasteiger charge is -2.21. The highest BCUT2D eigenvalue weighted by Crippen LogP contribution is 2.35. The largest absolute Gasteiger partial charge is 0.494 e. The van der Waals surface area contributed by atoms with E-state index in [4.69, 9.17) is 4.74 Å². The van der Waals surface area contributed by atoms with Crippen LogP contribution < -0.4 is 10.1 Å². The molecule has 0 radical (unpaired) electrons. The van der Waals surface area contributed by atoms with Gasteiger partial charge in [-0.3, -0.25) is 0 Å². The first kappa shape index (κ1) is 17.0. The molecular weight excluding hydrogens is 462 g/mol. The summed E-state index contributed by atoms with van der Waals surface area (Å²) in [5.41, 5.74) is 2.34. The third-order valence-corrected chi connectivity index (χ3v) is 5.05. The van der Waals surface area contributed by atoms with E-state index in [9.17, 15) is 0 Å². The van der Waals surface area contributed by atoms with Crippen molar-refractivity contribution in [3.8, 4) is 5.75 Å². The number of ether oxygens (including phenoxy) is 1. The topological polar surface area (TPSA) is 21.3 Å². The molecule has 0 bridgehead atoms. The zero-order valence-electron chi connectivity index (χ0n) is 11.8. The summed E-state index contributed by atoms with van der Waals surface area (Å²) in [6.45, 7) is 2.65. The zero-order valence-corrected chi connectivity index (χ0v) is 16.5. The Hall–Kier alpha value is -0.360. The molecule has 1 atom stereocenters. The molecule has 21 heavy (non-hydrogen) atoms. The molecule has 1 N–H and O–H groups in total. The van der Waals surface area contributed by atoms with E-state index in [0.29, 0.717) is 6.61 Å². The minimum Gasteiger partial charge on any atom is -0.494 e. The van der Waals surface area contributed by atoms with Crippen molar-refractivity contribution in [2.24, 2.45) is 0 Å². The average molecular weight is 478 g/mol. The van der Waals surface area contributed by atoms with Gasteiger partial charge in [0.2, 0.25) is 0 Å². The van der Waals surface area contributed by atoms with E-state index >= 15 is 0 Å². The highest BCUT2D eigenvalue weighted by Gasteiger charge is 2.18. The highest BCUT2D eigenvalue weighted by atomic mass is 79.9. The first-order valence-electron chi connectivity index (χ1n) is 6.61. The molecule has 0 saturated heterocycles. The van der Waals surface area contributed by atoms with Gasteiger partial charge in [-0.25, -0.2) is 0 Å². The molecule has 0 saturated carbocycles. The Labute approximate surface area is 150 Å². The lowest BCUT2D eigenvalue weighted by Crippen LogP contribution is -2.18. The molecule has 0 aliphatic heterocycles. The van der Waals surface area contributed by atoms with Gasteiger partial charge in [0.15, 0.2) is 0 Å². The van der Waals surface area contributed by atoms with Crippen molar-refractivity contribution in [3.63, 3.8) is 0 Å². The molecule has 0 aromatic heterocycles. The maximum absolute atomic E-state index is 5.54. The molecule has 2 aromatic carbocycles. The maximum atomic E-state index is 5.54. The van der Waals surface area contributed by atoms with E-state index in [0.717, 1.165) is 19.2 Å². The van der Waals surface area contributed by atoms with Crippen LogP contribution >= 0.6 is 47.8 Å². The molecule has 112 valence electrons. The maximum Gasteiger partial charge on any atom is 0.120 e. The second-order valence-corrected chi connectivity index (χ2v) is 7.13. The number of benzene rings is 2. The zero-order chi connectivity index (χ0) is 15.4. The second kappa shape index (κ2) is 7.77. The fraction of sp³-hybridized carbons (Fsp3) is 0.250. The molecule has 2 nitrogen and oxygen atoms in total. The normalized spacial score (nSPS) is 12.2. The van der Waals surface area contributed by atoms with E-state index in [1.807, 2.05) is 38.2 Å². The summed E-state index contributed by atoms with van der Waals surface area (Å²) in [5.74, 6) is 0.872. The molecule has 5 heteroatoms. The van der Waals surface area contributed by atoms with Crippen molar-refractivity contribution in [2.45, 2.75) is 13.0 Å². The third-order valence-electron chi connectivity index (χ3n) is 3.15. The van der Waals surface area contributed by atoms with Gasteiger partial charge in [0.25, 0.3) is 0 Å². The van der Waals surface area contributed by atoms with E-state index in [-0.39, 0.29) is 6.04 Å². The van der Waals surface area contributed by atoms with Crippen molar-refractivity contribution in [1.29, 1.82) is 0 Å². The summed E-state index contributed by atoms with van der Waals surface area (Å²) in [6.07, 6.45) is 0. The van der Waals surface area contributed by atoms with Gasteiger partial charge in [-0.15, -0.1) is 0 Å². The third kappa shape index (κ3) is 4.09. The minimum absolute atomic E-state index is 0.0851. The van der Waals surface area contributed by atoms with Crippen molar-refractivity contribution in [1.82, 2.24) is 5.32 Å². The quantitative estimate of drug-likeness (QED) is 0.598. The summed E-state index contributed by atoms with van der Waals surface area (Å²) >= 11 is 10.8. The fourth-order valence-electron chi connectivity index (χ4n) is 2.21. The van der Waals surface area contributed by atoms with Crippen molar-refractivity contribution >= 4 is 47.8 Å². The first-order chi connectivity index (χ1) is 10.1. The molecule has 2 rings (SSSR count). The minimum atomic E-state index is 0.0851. The van der Waals surface area contributed by atoms with Gasteiger partial charge in [-0.2, -0.15) is 0 Å². The van der Waals surface area contributed by atoms with Crippen molar-refractivity contribution in [2.75, 3.05) is 13.7 Å². The van der Waals surface area contributed by atoms with E-state index in [2.05, 4.69) is 65.2 Å². The Morgan fingerprint density at radius 2 is 1.76 bits per heavy atom. The molecule has 2 aromatic rings. The van der Waals surface area contributed by atoms with Crippen LogP contribution in [-0.4, -0.2) is 13.7 Å². The first-order valence-corrected chi connectivity index (χ1v) is 8.99. The number of rotatable bonds is 5. The molecule has 0 fully saturated rings. The molecule has 0 aliphatic carbocycles. The van der Waals surface area contributed by atoms with Gasteiger partial charge in [0, 0.05) is 13.4 Å². The Morgan fingerprint density at radius 3 is 2.38 bits per heavy atom. The standard InChI is InChI=1S/C16H16Br3NO/c1-3-21-11-5-6-12(15(19)9-11)16(20-2)13-8-10(17)4-7-14(13)18/h4-9,16,20H,3H2,1-2H3. The van der Waals surface area contributed by atoms with Gasteiger partial charge in [-0.05, 0) is 55.4 Å². The predicted molar refractivity (Wildman–Crippen MR) is 98.1 cm³/mol. The Balaban J connectivity index is 2.44. The molecule has 1 unspecified atom stereocenters. The highest BCUT2D eigenvalue weighted by molar-refractivity contribution is 9.11. The van der Waals surface area contributed by atoms with Crippen molar-refractivity contribution in [3.05, 3.63) is 60.9 Å². The summed E-state index contributed by atoms with van der Waals surface area (Å²) in [7, 11) is 1.96. The van der Waals surface area contributed by atoms with Crippen LogP contribution in [0.1, 0.15) is 24.1 Å². The summed E-state index contributed by atoms with van der Waals surface area (Å²) in [6, 6.07) is 12.4. The molecule has 0 amide bonds. The number of halogens is 3. The monoisotopic (exact) mass is 475 g/mol. The second-order valence-electron chi connectivity index (χ2n) is 4.50. The lowest BCUT2D eigenvalue weighted by molar-refractivity contribution is 0.340. The molecule has 0 heterocycles. The Bertz CT molecular complexity index is 631. The van der Waals surface area contributed by atoms with E-state index < -0.39 is 0 Å². The van der Waals surface area contributed by atoms with Crippen LogP contribution in [-0.2, 0) is 0 Å². The number of hydrogen-bond donors (Lipinski definition) is 1. The smallest absolute Gasteiger partial charge is 0.120 e.